The highest BCUT2D eigenvalue weighted by Gasteiger charge is 2.23. The maximum absolute atomic E-state index is 3.70. The zero-order valence-electron chi connectivity index (χ0n) is 10.2. The molecule has 1 atom stereocenters. The second kappa shape index (κ2) is 6.41. The van der Waals surface area contributed by atoms with Crippen molar-refractivity contribution < 1.29 is 0 Å². The summed E-state index contributed by atoms with van der Waals surface area (Å²) in [5, 5.41) is 5.89. The lowest BCUT2D eigenvalue weighted by Crippen LogP contribution is -2.38. The second-order valence-corrected chi connectivity index (χ2v) is 5.88. The number of thiophene rings is 1. The van der Waals surface area contributed by atoms with E-state index < -0.39 is 0 Å². The quantitative estimate of drug-likeness (QED) is 0.820. The molecule has 2 heteroatoms. The van der Waals surface area contributed by atoms with Gasteiger partial charge in [0.15, 0.2) is 0 Å². The van der Waals surface area contributed by atoms with E-state index in [9.17, 15) is 0 Å². The van der Waals surface area contributed by atoms with Gasteiger partial charge in [-0.3, -0.25) is 0 Å². The van der Waals surface area contributed by atoms with Gasteiger partial charge in [0.1, 0.15) is 0 Å². The monoisotopic (exact) mass is 237 g/mol. The maximum Gasteiger partial charge on any atom is 0.0143 e. The molecular formula is C14H23NS. The summed E-state index contributed by atoms with van der Waals surface area (Å²) in [6.07, 6.45) is 8.44. The van der Waals surface area contributed by atoms with Crippen molar-refractivity contribution in [2.75, 3.05) is 6.54 Å². The predicted molar refractivity (Wildman–Crippen MR) is 72.1 cm³/mol. The Labute approximate surface area is 103 Å². The molecule has 1 aromatic rings. The molecule has 0 aliphatic heterocycles. The van der Waals surface area contributed by atoms with Crippen molar-refractivity contribution in [2.45, 2.75) is 51.5 Å². The molecule has 1 fully saturated rings. The summed E-state index contributed by atoms with van der Waals surface area (Å²) in [5.74, 6) is 0.913. The van der Waals surface area contributed by atoms with Crippen LogP contribution in [-0.4, -0.2) is 12.6 Å². The highest BCUT2D eigenvalue weighted by molar-refractivity contribution is 7.09. The third-order valence-corrected chi connectivity index (χ3v) is 4.59. The van der Waals surface area contributed by atoms with Crippen LogP contribution in [0.4, 0.5) is 0 Å². The van der Waals surface area contributed by atoms with Gasteiger partial charge in [-0.25, -0.2) is 0 Å². The van der Waals surface area contributed by atoms with Gasteiger partial charge in [0.25, 0.3) is 0 Å². The summed E-state index contributed by atoms with van der Waals surface area (Å²) in [7, 11) is 0. The first-order chi connectivity index (χ1) is 7.90. The molecule has 1 aliphatic rings. The first-order valence-corrected chi connectivity index (χ1v) is 7.54. The predicted octanol–water partition coefficient (Wildman–Crippen LogP) is 3.85. The molecule has 1 unspecified atom stereocenters. The molecule has 1 nitrogen and oxygen atoms in total. The largest absolute Gasteiger partial charge is 0.314 e. The van der Waals surface area contributed by atoms with Crippen LogP contribution in [0.3, 0.4) is 0 Å². The van der Waals surface area contributed by atoms with Gasteiger partial charge in [0, 0.05) is 10.9 Å². The first-order valence-electron chi connectivity index (χ1n) is 6.66. The fraction of sp³-hybridized carbons (Fsp3) is 0.714. The lowest BCUT2D eigenvalue weighted by molar-refractivity contribution is 0.270. The lowest BCUT2D eigenvalue weighted by Gasteiger charge is -2.30. The Hall–Kier alpha value is -0.340. The molecule has 2 rings (SSSR count). The SMILES string of the molecule is CCNC(Cc1cccs1)C1CCCCC1. The summed E-state index contributed by atoms with van der Waals surface area (Å²) in [6, 6.07) is 5.16. The number of rotatable bonds is 5. The number of nitrogens with one attached hydrogen (secondary N) is 1. The van der Waals surface area contributed by atoms with Crippen LogP contribution in [0.5, 0.6) is 0 Å². The van der Waals surface area contributed by atoms with Crippen LogP contribution in [0.1, 0.15) is 43.9 Å². The Balaban J connectivity index is 1.92. The molecule has 1 saturated carbocycles. The van der Waals surface area contributed by atoms with Crippen LogP contribution < -0.4 is 5.32 Å². The summed E-state index contributed by atoms with van der Waals surface area (Å²) in [6.45, 7) is 3.33. The van der Waals surface area contributed by atoms with Crippen molar-refractivity contribution >= 4 is 11.3 Å². The fourth-order valence-corrected chi connectivity index (χ4v) is 3.61. The first kappa shape index (κ1) is 12.1. The Morgan fingerprint density at radius 2 is 2.19 bits per heavy atom. The number of hydrogen-bond acceptors (Lipinski definition) is 2. The number of hydrogen-bond donors (Lipinski definition) is 1. The standard InChI is InChI=1S/C14H23NS/c1-2-15-14(11-13-9-6-10-16-13)12-7-4-3-5-8-12/h6,9-10,12,14-15H,2-5,7-8,11H2,1H3. The number of likely N-dealkylation sites (N-methyl/N-ethyl adjacent to an activating group) is 1. The highest BCUT2D eigenvalue weighted by Crippen LogP contribution is 2.28. The van der Waals surface area contributed by atoms with E-state index in [4.69, 9.17) is 0 Å². The molecule has 0 spiro atoms. The Kier molecular flexibility index (Phi) is 4.86. The molecule has 0 bridgehead atoms. The van der Waals surface area contributed by atoms with Gasteiger partial charge in [-0.15, -0.1) is 11.3 Å². The van der Waals surface area contributed by atoms with Gasteiger partial charge in [-0.05, 0) is 43.2 Å². The van der Waals surface area contributed by atoms with Crippen LogP contribution in [-0.2, 0) is 6.42 Å². The van der Waals surface area contributed by atoms with Gasteiger partial charge < -0.3 is 5.32 Å². The minimum atomic E-state index is 0.712. The van der Waals surface area contributed by atoms with Crippen LogP contribution in [0.15, 0.2) is 17.5 Å². The van der Waals surface area contributed by atoms with Crippen LogP contribution in [0.2, 0.25) is 0 Å². The van der Waals surface area contributed by atoms with E-state index in [2.05, 4.69) is 29.8 Å². The van der Waals surface area contributed by atoms with Crippen molar-refractivity contribution in [1.82, 2.24) is 5.32 Å². The molecule has 1 aliphatic carbocycles. The molecule has 0 radical (unpaired) electrons. The molecule has 1 aromatic heterocycles. The average molecular weight is 237 g/mol. The molecule has 1 heterocycles. The summed E-state index contributed by atoms with van der Waals surface area (Å²) < 4.78 is 0. The van der Waals surface area contributed by atoms with Crippen molar-refractivity contribution in [3.63, 3.8) is 0 Å². The minimum Gasteiger partial charge on any atom is -0.314 e. The van der Waals surface area contributed by atoms with Gasteiger partial charge >= 0.3 is 0 Å². The molecule has 1 N–H and O–H groups in total. The van der Waals surface area contributed by atoms with E-state index in [-0.39, 0.29) is 0 Å². The summed E-state index contributed by atoms with van der Waals surface area (Å²) >= 11 is 1.90. The smallest absolute Gasteiger partial charge is 0.0143 e. The normalized spacial score (nSPS) is 19.8. The van der Waals surface area contributed by atoms with E-state index in [1.54, 1.807) is 0 Å². The highest BCUT2D eigenvalue weighted by atomic mass is 32.1. The third-order valence-electron chi connectivity index (χ3n) is 3.69. The Bertz CT molecular complexity index is 275. The zero-order chi connectivity index (χ0) is 11.2. The summed E-state index contributed by atoms with van der Waals surface area (Å²) in [4.78, 5) is 1.54. The van der Waals surface area contributed by atoms with Gasteiger partial charge in [-0.2, -0.15) is 0 Å². The van der Waals surface area contributed by atoms with Crippen LogP contribution in [0, 0.1) is 5.92 Å². The Morgan fingerprint density at radius 3 is 2.81 bits per heavy atom. The van der Waals surface area contributed by atoms with Gasteiger partial charge in [0.2, 0.25) is 0 Å². The van der Waals surface area contributed by atoms with E-state index in [1.807, 2.05) is 11.3 Å². The zero-order valence-corrected chi connectivity index (χ0v) is 11.1. The van der Waals surface area contributed by atoms with Crippen LogP contribution in [0.25, 0.3) is 0 Å². The van der Waals surface area contributed by atoms with Crippen molar-refractivity contribution in [3.05, 3.63) is 22.4 Å². The lowest BCUT2D eigenvalue weighted by atomic mass is 9.82. The van der Waals surface area contributed by atoms with E-state index in [0.29, 0.717) is 6.04 Å². The van der Waals surface area contributed by atoms with Crippen molar-refractivity contribution in [1.29, 1.82) is 0 Å². The van der Waals surface area contributed by atoms with Crippen molar-refractivity contribution in [2.24, 2.45) is 5.92 Å². The van der Waals surface area contributed by atoms with Crippen molar-refractivity contribution in [3.8, 4) is 0 Å². The third kappa shape index (κ3) is 3.33. The molecule has 0 amide bonds. The van der Waals surface area contributed by atoms with Crippen LogP contribution >= 0.6 is 11.3 Å². The molecule has 0 aromatic carbocycles. The molecule has 16 heavy (non-hydrogen) atoms. The van der Waals surface area contributed by atoms with E-state index in [1.165, 1.54) is 43.4 Å². The van der Waals surface area contributed by atoms with E-state index in [0.717, 1.165) is 12.5 Å². The molecule has 0 saturated heterocycles. The average Bonchev–Trinajstić information content (AvgIpc) is 2.83. The molecular weight excluding hydrogens is 214 g/mol. The summed E-state index contributed by atoms with van der Waals surface area (Å²) in [5.41, 5.74) is 0. The van der Waals surface area contributed by atoms with Gasteiger partial charge in [-0.1, -0.05) is 32.3 Å². The Morgan fingerprint density at radius 1 is 1.38 bits per heavy atom. The van der Waals surface area contributed by atoms with Gasteiger partial charge in [0.05, 0.1) is 0 Å². The maximum atomic E-state index is 3.70. The minimum absolute atomic E-state index is 0.712. The second-order valence-electron chi connectivity index (χ2n) is 4.85. The molecule has 90 valence electrons. The topological polar surface area (TPSA) is 12.0 Å². The fourth-order valence-electron chi connectivity index (χ4n) is 2.85. The van der Waals surface area contributed by atoms with E-state index >= 15 is 0 Å².